The van der Waals surface area contributed by atoms with Crippen molar-refractivity contribution >= 4 is 11.8 Å². The third-order valence-electron chi connectivity index (χ3n) is 7.36. The zero-order chi connectivity index (χ0) is 29.5. The summed E-state index contributed by atoms with van der Waals surface area (Å²) in [6, 6.07) is 19.1. The van der Waals surface area contributed by atoms with Gasteiger partial charge in [-0.3, -0.25) is 9.59 Å². The largest absolute Gasteiger partial charge is 0.497 e. The highest BCUT2D eigenvalue weighted by molar-refractivity contribution is 5.89. The Morgan fingerprint density at radius 3 is 2.19 bits per heavy atom. The van der Waals surface area contributed by atoms with Crippen LogP contribution >= 0.6 is 0 Å². The number of halogens is 1. The van der Waals surface area contributed by atoms with Gasteiger partial charge in [0.25, 0.3) is 0 Å². The van der Waals surface area contributed by atoms with E-state index >= 15 is 0 Å². The van der Waals surface area contributed by atoms with Gasteiger partial charge in [0.05, 0.1) is 14.2 Å². The number of ether oxygens (including phenoxy) is 2. The number of benzene rings is 3. The third-order valence-corrected chi connectivity index (χ3v) is 7.36. The van der Waals surface area contributed by atoms with Crippen molar-refractivity contribution in [3.63, 3.8) is 0 Å². The molecule has 42 heavy (non-hydrogen) atoms. The van der Waals surface area contributed by atoms with Crippen molar-refractivity contribution in [1.82, 2.24) is 30.4 Å². The zero-order valence-corrected chi connectivity index (χ0v) is 23.6. The van der Waals surface area contributed by atoms with Crippen molar-refractivity contribution < 1.29 is 23.5 Å². The molecule has 0 saturated heterocycles. The first-order valence-corrected chi connectivity index (χ1v) is 13.8. The summed E-state index contributed by atoms with van der Waals surface area (Å²) in [5, 5.41) is 15.7. The molecule has 3 aromatic carbocycles. The van der Waals surface area contributed by atoms with Gasteiger partial charge in [-0.15, -0.1) is 10.2 Å². The number of hydrogen-bond donors (Lipinski definition) is 1. The number of nitrogens with zero attached hydrogens (tertiary/aromatic N) is 5. The first-order valence-electron chi connectivity index (χ1n) is 13.8. The fraction of sp³-hybridized carbons (Fsp3) is 0.323. The Morgan fingerprint density at radius 2 is 1.57 bits per heavy atom. The summed E-state index contributed by atoms with van der Waals surface area (Å²) in [5.74, 6) is 0.559. The van der Waals surface area contributed by atoms with Gasteiger partial charge in [-0.05, 0) is 77.7 Å². The van der Waals surface area contributed by atoms with Crippen LogP contribution < -0.4 is 14.8 Å². The first kappa shape index (κ1) is 28.7. The molecule has 10 nitrogen and oxygen atoms in total. The average molecular weight is 573 g/mol. The van der Waals surface area contributed by atoms with Crippen LogP contribution in [0, 0.1) is 5.82 Å². The maximum atomic E-state index is 14.0. The minimum Gasteiger partial charge on any atom is -0.497 e. The third kappa shape index (κ3) is 6.91. The van der Waals surface area contributed by atoms with Crippen LogP contribution in [0.15, 0.2) is 72.8 Å². The number of tetrazole rings is 1. The monoisotopic (exact) mass is 572 g/mol. The Labute approximate surface area is 243 Å². The number of carbonyl (C=O) groups is 2. The summed E-state index contributed by atoms with van der Waals surface area (Å²) in [6.07, 6.45) is 3.83. The number of hydrogen-bond acceptors (Lipinski definition) is 7. The SMILES string of the molecule is COc1ccc(CN(C(=O)Cn2nnc(-c3ccc(OC)cc3)n2)[C@@H](C(=O)NC2CCCC2)c2ccc(F)cc2)cc1. The van der Waals surface area contributed by atoms with Crippen LogP contribution in [0.2, 0.25) is 0 Å². The lowest BCUT2D eigenvalue weighted by atomic mass is 10.0. The molecule has 0 bridgehead atoms. The highest BCUT2D eigenvalue weighted by Crippen LogP contribution is 2.27. The highest BCUT2D eigenvalue weighted by Gasteiger charge is 2.34. The van der Waals surface area contributed by atoms with Crippen LogP contribution in [0.1, 0.15) is 42.9 Å². The summed E-state index contributed by atoms with van der Waals surface area (Å²) in [7, 11) is 3.16. The van der Waals surface area contributed by atoms with Crippen LogP contribution in [-0.4, -0.2) is 57.2 Å². The summed E-state index contributed by atoms with van der Waals surface area (Å²) in [5.41, 5.74) is 2.00. The van der Waals surface area contributed by atoms with Gasteiger partial charge >= 0.3 is 0 Å². The van der Waals surface area contributed by atoms with Crippen LogP contribution in [0.5, 0.6) is 11.5 Å². The van der Waals surface area contributed by atoms with Gasteiger partial charge < -0.3 is 19.7 Å². The van der Waals surface area contributed by atoms with E-state index in [-0.39, 0.29) is 25.0 Å². The predicted octanol–water partition coefficient (Wildman–Crippen LogP) is 4.33. The molecule has 1 fully saturated rings. The minimum absolute atomic E-state index is 0.0300. The summed E-state index contributed by atoms with van der Waals surface area (Å²) in [6.45, 7) is -0.142. The molecular weight excluding hydrogens is 539 g/mol. The number of carbonyl (C=O) groups excluding carboxylic acids is 2. The maximum absolute atomic E-state index is 14.0. The molecular formula is C31H33FN6O4. The number of nitrogens with one attached hydrogen (secondary N) is 1. The highest BCUT2D eigenvalue weighted by atomic mass is 19.1. The number of aromatic nitrogens is 4. The smallest absolute Gasteiger partial charge is 0.247 e. The van der Waals surface area contributed by atoms with E-state index in [1.54, 1.807) is 50.6 Å². The van der Waals surface area contributed by atoms with E-state index in [2.05, 4.69) is 20.7 Å². The Bertz CT molecular complexity index is 1490. The van der Waals surface area contributed by atoms with Crippen molar-refractivity contribution in [3.05, 3.63) is 89.7 Å². The van der Waals surface area contributed by atoms with Crippen LogP contribution in [0.4, 0.5) is 4.39 Å². The quantitative estimate of drug-likeness (QED) is 0.285. The van der Waals surface area contributed by atoms with Crippen molar-refractivity contribution in [2.75, 3.05) is 14.2 Å². The molecule has 1 saturated carbocycles. The van der Waals surface area contributed by atoms with Gasteiger partial charge in [0, 0.05) is 18.2 Å². The second-order valence-corrected chi connectivity index (χ2v) is 10.2. The van der Waals surface area contributed by atoms with Gasteiger partial charge in [0.15, 0.2) is 0 Å². The van der Waals surface area contributed by atoms with Crippen LogP contribution in [-0.2, 0) is 22.7 Å². The molecule has 218 valence electrons. The summed E-state index contributed by atoms with van der Waals surface area (Å²) in [4.78, 5) is 30.5. The molecule has 11 heteroatoms. The van der Waals surface area contributed by atoms with E-state index in [1.807, 2.05) is 12.1 Å². The van der Waals surface area contributed by atoms with Crippen molar-refractivity contribution in [2.24, 2.45) is 0 Å². The van der Waals surface area contributed by atoms with E-state index < -0.39 is 17.8 Å². The standard InChI is InChI=1S/C31H33FN6O4/c1-41-26-15-7-21(8-16-26)19-37(28(39)20-38-35-30(34-36-38)23-11-17-27(42-2)18-12-23)29(22-9-13-24(32)14-10-22)31(40)33-25-5-3-4-6-25/h7-18,25,29H,3-6,19-20H2,1-2H3,(H,33,40)/t29-/m1/s1. The molecule has 0 radical (unpaired) electrons. The van der Waals surface area contributed by atoms with Gasteiger partial charge in [-0.1, -0.05) is 37.1 Å². The lowest BCUT2D eigenvalue weighted by molar-refractivity contribution is -0.142. The molecule has 1 atom stereocenters. The Morgan fingerprint density at radius 1 is 0.952 bits per heavy atom. The van der Waals surface area contributed by atoms with Crippen molar-refractivity contribution in [2.45, 2.75) is 50.9 Å². The lowest BCUT2D eigenvalue weighted by Crippen LogP contribution is -2.46. The van der Waals surface area contributed by atoms with E-state index in [4.69, 9.17) is 9.47 Å². The van der Waals surface area contributed by atoms with Gasteiger partial charge in [-0.25, -0.2) is 4.39 Å². The predicted molar refractivity (Wildman–Crippen MR) is 153 cm³/mol. The molecule has 1 aliphatic carbocycles. The van der Waals surface area contributed by atoms with Gasteiger partial charge in [0.1, 0.15) is 29.9 Å². The second-order valence-electron chi connectivity index (χ2n) is 10.2. The fourth-order valence-corrected chi connectivity index (χ4v) is 5.10. The molecule has 0 unspecified atom stereocenters. The molecule has 1 aromatic heterocycles. The van der Waals surface area contributed by atoms with E-state index in [9.17, 15) is 14.0 Å². The molecule has 2 amide bonds. The zero-order valence-electron chi connectivity index (χ0n) is 23.6. The summed E-state index contributed by atoms with van der Waals surface area (Å²) >= 11 is 0. The number of methoxy groups -OCH3 is 2. The Balaban J connectivity index is 1.46. The van der Waals surface area contributed by atoms with E-state index in [0.29, 0.717) is 28.5 Å². The Kier molecular flexibility index (Phi) is 9.05. The van der Waals surface area contributed by atoms with E-state index in [1.165, 1.54) is 34.0 Å². The lowest BCUT2D eigenvalue weighted by Gasteiger charge is -2.32. The molecule has 4 aromatic rings. The number of rotatable bonds is 11. The minimum atomic E-state index is -1.01. The van der Waals surface area contributed by atoms with Gasteiger partial charge in [0.2, 0.25) is 17.6 Å². The molecule has 1 aliphatic rings. The van der Waals surface area contributed by atoms with Crippen molar-refractivity contribution in [3.8, 4) is 22.9 Å². The first-order chi connectivity index (χ1) is 20.4. The van der Waals surface area contributed by atoms with Crippen molar-refractivity contribution in [1.29, 1.82) is 0 Å². The molecule has 1 N–H and O–H groups in total. The van der Waals surface area contributed by atoms with Gasteiger partial charge in [-0.2, -0.15) is 4.80 Å². The molecule has 0 spiro atoms. The molecule has 5 rings (SSSR count). The summed E-state index contributed by atoms with van der Waals surface area (Å²) < 4.78 is 24.4. The Hall–Kier alpha value is -4.80. The molecule has 0 aliphatic heterocycles. The average Bonchev–Trinajstić information content (AvgIpc) is 3.70. The topological polar surface area (TPSA) is 111 Å². The second kappa shape index (κ2) is 13.2. The maximum Gasteiger partial charge on any atom is 0.247 e. The fourth-order valence-electron chi connectivity index (χ4n) is 5.10. The normalized spacial score (nSPS) is 13.9. The van der Waals surface area contributed by atoms with Crippen LogP contribution in [0.3, 0.4) is 0 Å². The van der Waals surface area contributed by atoms with E-state index in [0.717, 1.165) is 31.2 Å². The molecule has 1 heterocycles. The van der Waals surface area contributed by atoms with Crippen LogP contribution in [0.25, 0.3) is 11.4 Å². The number of amides is 2.